The highest BCUT2D eigenvalue weighted by molar-refractivity contribution is 5.90. The van der Waals surface area contributed by atoms with Crippen molar-refractivity contribution in [3.8, 4) is 11.6 Å². The number of hydrogen-bond acceptors (Lipinski definition) is 4. The second-order valence-corrected chi connectivity index (χ2v) is 3.79. The van der Waals surface area contributed by atoms with E-state index in [0.29, 0.717) is 5.69 Å². The summed E-state index contributed by atoms with van der Waals surface area (Å²) in [5.41, 5.74) is 6.62. The number of amides is 1. The number of carbonyl (C=O) groups excluding carboxylic acids is 1. The molecule has 0 aliphatic heterocycles. The van der Waals surface area contributed by atoms with Gasteiger partial charge in [0.15, 0.2) is 5.69 Å². The van der Waals surface area contributed by atoms with Gasteiger partial charge in [-0.25, -0.2) is 9.97 Å². The van der Waals surface area contributed by atoms with Gasteiger partial charge in [-0.05, 0) is 12.1 Å². The van der Waals surface area contributed by atoms with Gasteiger partial charge >= 0.3 is 0 Å². The van der Waals surface area contributed by atoms with Crippen molar-refractivity contribution in [1.29, 1.82) is 0 Å². The van der Waals surface area contributed by atoms with Crippen molar-refractivity contribution in [2.45, 2.75) is 0 Å². The zero-order valence-electron chi connectivity index (χ0n) is 9.33. The number of para-hydroxylation sites is 1. The van der Waals surface area contributed by atoms with E-state index in [1.54, 1.807) is 6.07 Å². The molecule has 1 aromatic carbocycles. The smallest absolute Gasteiger partial charge is 0.270 e. The maximum atomic E-state index is 10.9. The molecule has 0 fully saturated rings. The molecule has 1 amide bonds. The van der Waals surface area contributed by atoms with Crippen molar-refractivity contribution in [2.75, 3.05) is 0 Å². The molecule has 2 aromatic heterocycles. The summed E-state index contributed by atoms with van der Waals surface area (Å²) in [5, 5.41) is 1.03. The fraction of sp³-hybridized carbons (Fsp3) is 0. The van der Waals surface area contributed by atoms with Crippen LogP contribution in [0, 0.1) is 0 Å². The molecule has 0 bridgehead atoms. The molecule has 0 saturated carbocycles. The molecule has 0 aliphatic carbocycles. The van der Waals surface area contributed by atoms with Crippen molar-refractivity contribution < 1.29 is 9.21 Å². The first-order valence-corrected chi connectivity index (χ1v) is 5.35. The lowest BCUT2D eigenvalue weighted by atomic mass is 10.2. The van der Waals surface area contributed by atoms with E-state index in [1.807, 2.05) is 30.3 Å². The van der Waals surface area contributed by atoms with Crippen LogP contribution >= 0.6 is 0 Å². The summed E-state index contributed by atoms with van der Waals surface area (Å²) in [5.74, 6) is -0.333. The van der Waals surface area contributed by atoms with Gasteiger partial charge < -0.3 is 10.2 Å². The van der Waals surface area contributed by atoms with Crippen LogP contribution < -0.4 is 5.73 Å². The van der Waals surface area contributed by atoms with Gasteiger partial charge in [0.25, 0.3) is 5.91 Å². The number of hydrogen-bond donors (Lipinski definition) is 1. The molecule has 0 saturated heterocycles. The van der Waals surface area contributed by atoms with E-state index < -0.39 is 5.91 Å². The Labute approximate surface area is 102 Å². The number of rotatable bonds is 2. The molecule has 3 rings (SSSR count). The topological polar surface area (TPSA) is 82.0 Å². The summed E-state index contributed by atoms with van der Waals surface area (Å²) >= 11 is 0. The monoisotopic (exact) mass is 239 g/mol. The number of nitrogens with zero attached hydrogens (tertiary/aromatic N) is 2. The quantitative estimate of drug-likeness (QED) is 0.741. The molecule has 0 radical (unpaired) electrons. The van der Waals surface area contributed by atoms with Crippen molar-refractivity contribution >= 4 is 16.8 Å². The minimum atomic E-state index is -0.620. The third-order valence-corrected chi connectivity index (χ3v) is 2.57. The highest BCUT2D eigenvalue weighted by Crippen LogP contribution is 2.20. The molecular formula is C13H9N3O2. The predicted molar refractivity (Wildman–Crippen MR) is 65.8 cm³/mol. The van der Waals surface area contributed by atoms with Crippen molar-refractivity contribution in [1.82, 2.24) is 9.97 Å². The van der Waals surface area contributed by atoms with Gasteiger partial charge in [0, 0.05) is 5.39 Å². The Kier molecular flexibility index (Phi) is 2.30. The number of fused-ring (bicyclic) bond motifs is 1. The summed E-state index contributed by atoms with van der Waals surface area (Å²) in [6.45, 7) is 0. The number of pyridine rings is 1. The van der Waals surface area contributed by atoms with Crippen molar-refractivity contribution in [2.24, 2.45) is 5.73 Å². The molecule has 3 aromatic rings. The second-order valence-electron chi connectivity index (χ2n) is 3.79. The Morgan fingerprint density at radius 1 is 1.11 bits per heavy atom. The molecule has 0 aliphatic rings. The molecule has 2 N–H and O–H groups in total. The van der Waals surface area contributed by atoms with Crippen molar-refractivity contribution in [3.63, 3.8) is 0 Å². The first-order chi connectivity index (χ1) is 8.74. The summed E-state index contributed by atoms with van der Waals surface area (Å²) < 4.78 is 5.19. The van der Waals surface area contributed by atoms with Crippen LogP contribution in [-0.2, 0) is 0 Å². The second kappa shape index (κ2) is 3.96. The Bertz CT molecular complexity index is 734. The van der Waals surface area contributed by atoms with Crippen LogP contribution in [0.5, 0.6) is 0 Å². The number of primary amides is 1. The normalized spacial score (nSPS) is 10.7. The van der Waals surface area contributed by atoms with Gasteiger partial charge in [0.05, 0.1) is 5.52 Å². The number of benzene rings is 1. The highest BCUT2D eigenvalue weighted by Gasteiger charge is 2.11. The number of carbonyl (C=O) groups is 1. The van der Waals surface area contributed by atoms with E-state index in [4.69, 9.17) is 10.2 Å². The summed E-state index contributed by atoms with van der Waals surface area (Å²) in [4.78, 5) is 19.3. The van der Waals surface area contributed by atoms with Gasteiger partial charge in [-0.3, -0.25) is 4.79 Å². The molecule has 5 nitrogen and oxygen atoms in total. The standard InChI is InChI=1S/C13H9N3O2/c14-12(17)11-7-18-13(16-11)10-6-5-8-3-1-2-4-9(8)15-10/h1-7H,(H2,14,17). The minimum absolute atomic E-state index is 0.0972. The molecule has 5 heteroatoms. The summed E-state index contributed by atoms with van der Waals surface area (Å²) in [6.07, 6.45) is 1.23. The maximum absolute atomic E-state index is 10.9. The SMILES string of the molecule is NC(=O)c1coc(-c2ccc3ccccc3n2)n1. The minimum Gasteiger partial charge on any atom is -0.442 e. The Morgan fingerprint density at radius 2 is 1.94 bits per heavy atom. The van der Waals surface area contributed by atoms with Gasteiger partial charge in [0.1, 0.15) is 12.0 Å². The third-order valence-electron chi connectivity index (χ3n) is 2.57. The number of nitrogens with two attached hydrogens (primary N) is 1. The van der Waals surface area contributed by atoms with Crippen LogP contribution in [0.3, 0.4) is 0 Å². The van der Waals surface area contributed by atoms with Crippen LogP contribution in [0.4, 0.5) is 0 Å². The molecule has 0 unspecified atom stereocenters. The Morgan fingerprint density at radius 3 is 2.72 bits per heavy atom. The van der Waals surface area contributed by atoms with Crippen LogP contribution in [0.25, 0.3) is 22.5 Å². The van der Waals surface area contributed by atoms with Gasteiger partial charge in [-0.15, -0.1) is 0 Å². The summed E-state index contributed by atoms with van der Waals surface area (Å²) in [7, 11) is 0. The lowest BCUT2D eigenvalue weighted by molar-refractivity contribution is 0.0995. The van der Waals surface area contributed by atoms with E-state index in [0.717, 1.165) is 10.9 Å². The van der Waals surface area contributed by atoms with E-state index in [2.05, 4.69) is 9.97 Å². The first kappa shape index (κ1) is 10.5. The molecule has 0 atom stereocenters. The largest absolute Gasteiger partial charge is 0.442 e. The molecule has 88 valence electrons. The fourth-order valence-electron chi connectivity index (χ4n) is 1.69. The molecule has 0 spiro atoms. The van der Waals surface area contributed by atoms with E-state index in [1.165, 1.54) is 6.26 Å². The van der Waals surface area contributed by atoms with Crippen molar-refractivity contribution in [3.05, 3.63) is 48.4 Å². The predicted octanol–water partition coefficient (Wildman–Crippen LogP) is 1.99. The maximum Gasteiger partial charge on any atom is 0.270 e. The van der Waals surface area contributed by atoms with Crippen LogP contribution in [0.2, 0.25) is 0 Å². The van der Waals surface area contributed by atoms with E-state index >= 15 is 0 Å². The van der Waals surface area contributed by atoms with E-state index in [9.17, 15) is 4.79 Å². The third kappa shape index (κ3) is 1.71. The number of aromatic nitrogens is 2. The highest BCUT2D eigenvalue weighted by atomic mass is 16.3. The average Bonchev–Trinajstić information content (AvgIpc) is 2.88. The lowest BCUT2D eigenvalue weighted by Crippen LogP contribution is -2.10. The number of oxazole rings is 1. The first-order valence-electron chi connectivity index (χ1n) is 5.35. The molecule has 2 heterocycles. The van der Waals surface area contributed by atoms with E-state index in [-0.39, 0.29) is 11.6 Å². The van der Waals surface area contributed by atoms with Gasteiger partial charge in [-0.2, -0.15) is 0 Å². The Balaban J connectivity index is 2.10. The van der Waals surface area contributed by atoms with Gasteiger partial charge in [0.2, 0.25) is 5.89 Å². The zero-order valence-corrected chi connectivity index (χ0v) is 9.33. The Hall–Kier alpha value is -2.69. The molecule has 18 heavy (non-hydrogen) atoms. The van der Waals surface area contributed by atoms with Gasteiger partial charge in [-0.1, -0.05) is 24.3 Å². The van der Waals surface area contributed by atoms with Crippen LogP contribution in [0.1, 0.15) is 10.5 Å². The summed E-state index contributed by atoms with van der Waals surface area (Å²) in [6, 6.07) is 11.4. The van der Waals surface area contributed by atoms with Crippen LogP contribution in [0.15, 0.2) is 47.1 Å². The fourth-order valence-corrected chi connectivity index (χ4v) is 1.69. The lowest BCUT2D eigenvalue weighted by Gasteiger charge is -1.98. The van der Waals surface area contributed by atoms with Crippen LogP contribution in [-0.4, -0.2) is 15.9 Å². The molecular weight excluding hydrogens is 230 g/mol. The zero-order chi connectivity index (χ0) is 12.5. The average molecular weight is 239 g/mol.